The van der Waals surface area contributed by atoms with Gasteiger partial charge in [0.25, 0.3) is 6.43 Å². The standard InChI is InChI=1S/C12H20F5N3.HI/c1-18-11(20-7-10(13)14)19-6-8-3-2-4-9(5-8)12(15,16)17;/h8-10H,2-7H2,1H3,(H2,18,19,20);1H. The predicted molar refractivity (Wildman–Crippen MR) is 82.3 cm³/mol. The summed E-state index contributed by atoms with van der Waals surface area (Å²) in [6.07, 6.45) is -5.13. The van der Waals surface area contributed by atoms with E-state index < -0.39 is 25.1 Å². The van der Waals surface area contributed by atoms with Crippen molar-refractivity contribution in [2.75, 3.05) is 20.1 Å². The van der Waals surface area contributed by atoms with Crippen molar-refractivity contribution in [1.82, 2.24) is 10.6 Å². The molecule has 1 rings (SSSR count). The van der Waals surface area contributed by atoms with Crippen molar-refractivity contribution in [2.24, 2.45) is 16.8 Å². The fourth-order valence-electron chi connectivity index (χ4n) is 2.41. The molecule has 0 bridgehead atoms. The molecule has 1 fully saturated rings. The summed E-state index contributed by atoms with van der Waals surface area (Å²) in [5.74, 6) is -1.17. The van der Waals surface area contributed by atoms with Crippen LogP contribution in [0.2, 0.25) is 0 Å². The molecule has 3 nitrogen and oxygen atoms in total. The third kappa shape index (κ3) is 8.01. The highest BCUT2D eigenvalue weighted by atomic mass is 127. The second kappa shape index (κ2) is 9.62. The Labute approximate surface area is 138 Å². The average Bonchev–Trinajstić information content (AvgIpc) is 2.38. The van der Waals surface area contributed by atoms with Crippen LogP contribution in [-0.4, -0.2) is 38.7 Å². The van der Waals surface area contributed by atoms with E-state index in [0.717, 1.165) is 0 Å². The van der Waals surface area contributed by atoms with Gasteiger partial charge >= 0.3 is 6.18 Å². The minimum absolute atomic E-state index is 0. The summed E-state index contributed by atoms with van der Waals surface area (Å²) >= 11 is 0. The second-order valence-electron chi connectivity index (χ2n) is 5.00. The van der Waals surface area contributed by atoms with Crippen LogP contribution in [0.15, 0.2) is 4.99 Å². The maximum absolute atomic E-state index is 12.6. The Bertz CT molecular complexity index is 323. The first-order valence-corrected chi connectivity index (χ1v) is 6.62. The first-order chi connectivity index (χ1) is 9.32. The number of nitrogens with zero attached hydrogens (tertiary/aromatic N) is 1. The number of guanidine groups is 1. The molecule has 0 aromatic heterocycles. The lowest BCUT2D eigenvalue weighted by molar-refractivity contribution is -0.185. The molecule has 0 radical (unpaired) electrons. The van der Waals surface area contributed by atoms with Crippen LogP contribution < -0.4 is 10.6 Å². The Morgan fingerprint density at radius 3 is 2.43 bits per heavy atom. The summed E-state index contributed by atoms with van der Waals surface area (Å²) in [7, 11) is 1.43. The van der Waals surface area contributed by atoms with E-state index >= 15 is 0 Å². The van der Waals surface area contributed by atoms with Crippen LogP contribution in [-0.2, 0) is 0 Å². The molecule has 0 aliphatic heterocycles. The van der Waals surface area contributed by atoms with Gasteiger partial charge in [-0.15, -0.1) is 24.0 Å². The first-order valence-electron chi connectivity index (χ1n) is 6.62. The van der Waals surface area contributed by atoms with Gasteiger partial charge in [0, 0.05) is 13.6 Å². The molecule has 1 aliphatic rings. The van der Waals surface area contributed by atoms with Crippen LogP contribution >= 0.6 is 24.0 Å². The van der Waals surface area contributed by atoms with Gasteiger partial charge in [0.15, 0.2) is 5.96 Å². The van der Waals surface area contributed by atoms with Crippen molar-refractivity contribution in [3.8, 4) is 0 Å². The average molecular weight is 429 g/mol. The summed E-state index contributed by atoms with van der Waals surface area (Å²) in [5, 5.41) is 5.22. The molecular weight excluding hydrogens is 408 g/mol. The number of rotatable bonds is 4. The van der Waals surface area contributed by atoms with Crippen molar-refractivity contribution < 1.29 is 22.0 Å². The van der Waals surface area contributed by atoms with E-state index in [4.69, 9.17) is 0 Å². The lowest BCUT2D eigenvalue weighted by Gasteiger charge is -2.30. The first kappa shape index (κ1) is 20.6. The summed E-state index contributed by atoms with van der Waals surface area (Å²) in [5.41, 5.74) is 0. The highest BCUT2D eigenvalue weighted by Gasteiger charge is 2.41. The fourth-order valence-corrected chi connectivity index (χ4v) is 2.41. The van der Waals surface area contributed by atoms with Crippen LogP contribution in [0.3, 0.4) is 0 Å². The molecule has 0 aromatic rings. The topological polar surface area (TPSA) is 36.4 Å². The summed E-state index contributed by atoms with van der Waals surface area (Å²) < 4.78 is 62.0. The molecule has 0 heterocycles. The molecule has 126 valence electrons. The highest BCUT2D eigenvalue weighted by Crippen LogP contribution is 2.39. The van der Waals surface area contributed by atoms with Crippen molar-refractivity contribution in [1.29, 1.82) is 0 Å². The number of halogens is 6. The second-order valence-corrected chi connectivity index (χ2v) is 5.00. The smallest absolute Gasteiger partial charge is 0.356 e. The van der Waals surface area contributed by atoms with E-state index in [1.807, 2.05) is 0 Å². The van der Waals surface area contributed by atoms with Crippen molar-refractivity contribution in [3.63, 3.8) is 0 Å². The zero-order valence-electron chi connectivity index (χ0n) is 11.7. The zero-order chi connectivity index (χ0) is 15.2. The largest absolute Gasteiger partial charge is 0.391 e. The normalized spacial score (nSPS) is 23.7. The number of hydrogen-bond donors (Lipinski definition) is 2. The van der Waals surface area contributed by atoms with Gasteiger partial charge in [0.2, 0.25) is 0 Å². The fraction of sp³-hybridized carbons (Fsp3) is 0.917. The molecule has 0 saturated heterocycles. The Kier molecular flexibility index (Phi) is 9.46. The van der Waals surface area contributed by atoms with Crippen molar-refractivity contribution in [2.45, 2.75) is 38.3 Å². The van der Waals surface area contributed by atoms with Gasteiger partial charge in [-0.05, 0) is 25.2 Å². The van der Waals surface area contributed by atoms with E-state index in [2.05, 4.69) is 15.6 Å². The summed E-state index contributed by atoms with van der Waals surface area (Å²) in [6, 6.07) is 0. The predicted octanol–water partition coefficient (Wildman–Crippen LogP) is 3.40. The Hall–Kier alpha value is -0.350. The van der Waals surface area contributed by atoms with Gasteiger partial charge in [-0.3, -0.25) is 4.99 Å². The van der Waals surface area contributed by atoms with Gasteiger partial charge in [-0.1, -0.05) is 6.42 Å². The zero-order valence-corrected chi connectivity index (χ0v) is 14.1. The third-order valence-corrected chi connectivity index (χ3v) is 3.45. The van der Waals surface area contributed by atoms with Gasteiger partial charge in [-0.25, -0.2) is 8.78 Å². The van der Waals surface area contributed by atoms with Crippen molar-refractivity contribution >= 4 is 29.9 Å². The van der Waals surface area contributed by atoms with Crippen LogP contribution in [0, 0.1) is 11.8 Å². The van der Waals surface area contributed by atoms with Gasteiger partial charge in [0.05, 0.1) is 12.5 Å². The van der Waals surface area contributed by atoms with Crippen LogP contribution in [0.1, 0.15) is 25.7 Å². The van der Waals surface area contributed by atoms with Crippen LogP contribution in [0.5, 0.6) is 0 Å². The number of hydrogen-bond acceptors (Lipinski definition) is 1. The number of aliphatic imine (C=N–C) groups is 1. The number of nitrogens with one attached hydrogen (secondary N) is 2. The van der Waals surface area contributed by atoms with Crippen LogP contribution in [0.25, 0.3) is 0 Å². The third-order valence-electron chi connectivity index (χ3n) is 3.45. The maximum atomic E-state index is 12.6. The van der Waals surface area contributed by atoms with E-state index in [1.54, 1.807) is 0 Å². The molecule has 9 heteroatoms. The number of alkyl halides is 5. The minimum atomic E-state index is -4.14. The van der Waals surface area contributed by atoms with Crippen molar-refractivity contribution in [3.05, 3.63) is 0 Å². The molecule has 2 atom stereocenters. The lowest BCUT2D eigenvalue weighted by atomic mass is 9.81. The Morgan fingerprint density at radius 1 is 1.24 bits per heavy atom. The molecule has 2 N–H and O–H groups in total. The summed E-state index contributed by atoms with van der Waals surface area (Å²) in [4.78, 5) is 3.75. The van der Waals surface area contributed by atoms with E-state index in [9.17, 15) is 22.0 Å². The molecule has 1 saturated carbocycles. The summed E-state index contributed by atoms with van der Waals surface area (Å²) in [6.45, 7) is -0.217. The van der Waals surface area contributed by atoms with Gasteiger partial charge in [0.1, 0.15) is 0 Å². The highest BCUT2D eigenvalue weighted by molar-refractivity contribution is 14.0. The molecule has 2 unspecified atom stereocenters. The Morgan fingerprint density at radius 2 is 1.90 bits per heavy atom. The quantitative estimate of drug-likeness (QED) is 0.311. The maximum Gasteiger partial charge on any atom is 0.391 e. The molecule has 1 aliphatic carbocycles. The van der Waals surface area contributed by atoms with Gasteiger partial charge in [-0.2, -0.15) is 13.2 Å². The molecule has 0 spiro atoms. The monoisotopic (exact) mass is 429 g/mol. The van der Waals surface area contributed by atoms with Crippen LogP contribution in [0.4, 0.5) is 22.0 Å². The SMILES string of the molecule is CN=C(NCC(F)F)NCC1CCCC(C(F)(F)F)C1.I. The molecule has 0 amide bonds. The van der Waals surface area contributed by atoms with Gasteiger partial charge < -0.3 is 10.6 Å². The van der Waals surface area contributed by atoms with E-state index in [1.165, 1.54) is 7.05 Å². The molecule has 0 aromatic carbocycles. The van der Waals surface area contributed by atoms with E-state index in [0.29, 0.717) is 19.4 Å². The molecular formula is C12H21F5IN3. The minimum Gasteiger partial charge on any atom is -0.356 e. The van der Waals surface area contributed by atoms with E-state index in [-0.39, 0.29) is 48.7 Å². The molecule has 21 heavy (non-hydrogen) atoms. The Balaban J connectivity index is 0.00000400. The lowest BCUT2D eigenvalue weighted by Crippen LogP contribution is -2.42.